The quantitative estimate of drug-likeness (QED) is 0.799. The lowest BCUT2D eigenvalue weighted by molar-refractivity contribution is -0.119. The van der Waals surface area contributed by atoms with Gasteiger partial charge < -0.3 is 5.32 Å². The van der Waals surface area contributed by atoms with Crippen LogP contribution in [0, 0.1) is 0 Å². The molecule has 0 atom stereocenters. The number of hydrogen-bond acceptors (Lipinski definition) is 4. The first-order chi connectivity index (χ1) is 12.9. The second-order valence-corrected chi connectivity index (χ2v) is 8.41. The third-order valence-corrected chi connectivity index (χ3v) is 5.82. The summed E-state index contributed by atoms with van der Waals surface area (Å²) in [6, 6.07) is 14.9. The molecule has 27 heavy (non-hydrogen) atoms. The molecule has 0 radical (unpaired) electrons. The van der Waals surface area contributed by atoms with E-state index in [9.17, 15) is 13.2 Å². The number of carbonyl (C=O) groups excluding carboxylic acids is 1. The number of hydrogen-bond donors (Lipinski definition) is 2. The number of nitrogens with one attached hydrogen (secondary N) is 2. The van der Waals surface area contributed by atoms with E-state index in [4.69, 9.17) is 0 Å². The van der Waals surface area contributed by atoms with Crippen molar-refractivity contribution in [1.82, 2.24) is 10.0 Å². The van der Waals surface area contributed by atoms with Gasteiger partial charge in [-0.15, -0.1) is 0 Å². The van der Waals surface area contributed by atoms with Crippen LogP contribution in [0.25, 0.3) is 0 Å². The van der Waals surface area contributed by atoms with Crippen LogP contribution in [0.15, 0.2) is 58.4 Å². The molecule has 0 fully saturated rings. The van der Waals surface area contributed by atoms with Gasteiger partial charge in [0.15, 0.2) is 0 Å². The molecule has 0 saturated carbocycles. The fraction of sp³-hybridized carbons (Fsp3) is 0.300. The summed E-state index contributed by atoms with van der Waals surface area (Å²) < 4.78 is 26.4. The zero-order valence-corrected chi connectivity index (χ0v) is 16.2. The Morgan fingerprint density at radius 2 is 1.81 bits per heavy atom. The molecule has 1 aliphatic heterocycles. The van der Waals surface area contributed by atoms with Crippen LogP contribution >= 0.6 is 0 Å². The van der Waals surface area contributed by atoms with E-state index >= 15 is 0 Å². The summed E-state index contributed by atoms with van der Waals surface area (Å²) >= 11 is 0. The number of amidine groups is 1. The van der Waals surface area contributed by atoms with Gasteiger partial charge in [-0.05, 0) is 35.6 Å². The molecule has 1 heterocycles. The van der Waals surface area contributed by atoms with E-state index in [0.29, 0.717) is 18.0 Å². The summed E-state index contributed by atoms with van der Waals surface area (Å²) in [5.41, 5.74) is 2.94. The molecule has 6 nitrogen and oxygen atoms in total. The largest absolute Gasteiger partial charge is 0.354 e. The van der Waals surface area contributed by atoms with Gasteiger partial charge in [-0.2, -0.15) is 0 Å². The Balaban J connectivity index is 1.52. The molecule has 0 aliphatic carbocycles. The number of carbonyl (C=O) groups is 1. The standard InChI is InChI=1S/C20H23N3O3S/c1-14(2)16-9-7-15(8-10-16)11-12-21-19(24)13-22-20-17-5-3-4-6-18(17)27(25,26)23-20/h3-10,14H,11-13H2,1-2H3,(H,21,24)(H,22,23). The van der Waals surface area contributed by atoms with Gasteiger partial charge in [-0.25, -0.2) is 8.42 Å². The van der Waals surface area contributed by atoms with Crippen LogP contribution in [-0.2, 0) is 21.2 Å². The molecule has 2 aromatic rings. The van der Waals surface area contributed by atoms with Crippen LogP contribution in [0.5, 0.6) is 0 Å². The monoisotopic (exact) mass is 385 g/mol. The number of sulfonamides is 1. The van der Waals surface area contributed by atoms with Crippen molar-refractivity contribution in [2.24, 2.45) is 4.99 Å². The van der Waals surface area contributed by atoms with Crippen molar-refractivity contribution in [2.75, 3.05) is 13.1 Å². The van der Waals surface area contributed by atoms with E-state index in [1.54, 1.807) is 18.2 Å². The lowest BCUT2D eigenvalue weighted by atomic mass is 10.0. The van der Waals surface area contributed by atoms with Gasteiger partial charge in [0.1, 0.15) is 12.4 Å². The minimum Gasteiger partial charge on any atom is -0.354 e. The van der Waals surface area contributed by atoms with Crippen molar-refractivity contribution in [2.45, 2.75) is 31.1 Å². The molecule has 1 amide bonds. The molecular weight excluding hydrogens is 362 g/mol. The summed E-state index contributed by atoms with van der Waals surface area (Å²) in [6.07, 6.45) is 0.732. The average Bonchev–Trinajstić information content (AvgIpc) is 2.91. The number of rotatable bonds is 6. The zero-order chi connectivity index (χ0) is 19.4. The van der Waals surface area contributed by atoms with Crippen LogP contribution in [0.2, 0.25) is 0 Å². The fourth-order valence-corrected chi connectivity index (χ4v) is 4.12. The lowest BCUT2D eigenvalue weighted by Crippen LogP contribution is -2.29. The summed E-state index contributed by atoms with van der Waals surface area (Å²) in [7, 11) is -3.58. The predicted octanol–water partition coefficient (Wildman–Crippen LogP) is 2.21. The number of benzene rings is 2. The molecule has 3 rings (SSSR count). The van der Waals surface area contributed by atoms with Gasteiger partial charge in [-0.3, -0.25) is 14.5 Å². The Morgan fingerprint density at radius 3 is 2.52 bits per heavy atom. The van der Waals surface area contributed by atoms with Crippen molar-refractivity contribution in [1.29, 1.82) is 0 Å². The molecule has 2 N–H and O–H groups in total. The first-order valence-corrected chi connectivity index (χ1v) is 10.4. The molecular formula is C20H23N3O3S. The second-order valence-electron chi connectivity index (χ2n) is 6.76. The average molecular weight is 385 g/mol. The van der Waals surface area contributed by atoms with E-state index in [2.05, 4.69) is 53.1 Å². The Labute approximate surface area is 159 Å². The molecule has 7 heteroatoms. The van der Waals surface area contributed by atoms with Crippen LogP contribution < -0.4 is 10.0 Å². The Hall–Kier alpha value is -2.67. The third kappa shape index (κ3) is 4.54. The van der Waals surface area contributed by atoms with Crippen molar-refractivity contribution in [3.05, 3.63) is 65.2 Å². The van der Waals surface area contributed by atoms with Gasteiger partial charge in [0.2, 0.25) is 5.91 Å². The highest BCUT2D eigenvalue weighted by atomic mass is 32.2. The van der Waals surface area contributed by atoms with Gasteiger partial charge in [0.05, 0.1) is 4.90 Å². The van der Waals surface area contributed by atoms with E-state index in [-0.39, 0.29) is 23.2 Å². The SMILES string of the molecule is CC(C)c1ccc(CCNC(=O)CN=C2NS(=O)(=O)c3ccccc32)cc1. The molecule has 0 unspecified atom stereocenters. The fourth-order valence-electron chi connectivity index (χ4n) is 2.87. The number of aliphatic imine (C=N–C) groups is 1. The molecule has 2 aromatic carbocycles. The van der Waals surface area contributed by atoms with E-state index in [1.165, 1.54) is 11.6 Å². The Bertz CT molecular complexity index is 964. The molecule has 1 aliphatic rings. The van der Waals surface area contributed by atoms with E-state index < -0.39 is 10.0 Å². The molecule has 0 aromatic heterocycles. The van der Waals surface area contributed by atoms with E-state index in [1.807, 2.05) is 0 Å². The maximum Gasteiger partial charge on any atom is 0.263 e. The Morgan fingerprint density at radius 1 is 1.11 bits per heavy atom. The highest BCUT2D eigenvalue weighted by molar-refractivity contribution is 7.90. The first-order valence-electron chi connectivity index (χ1n) is 8.89. The van der Waals surface area contributed by atoms with Gasteiger partial charge in [0, 0.05) is 12.1 Å². The number of amides is 1. The van der Waals surface area contributed by atoms with Gasteiger partial charge in [-0.1, -0.05) is 50.2 Å². The topological polar surface area (TPSA) is 87.6 Å². The Kier molecular flexibility index (Phi) is 5.60. The van der Waals surface area contributed by atoms with Crippen molar-refractivity contribution >= 4 is 21.8 Å². The maximum absolute atomic E-state index is 12.0. The number of nitrogens with zero attached hydrogens (tertiary/aromatic N) is 1. The number of fused-ring (bicyclic) bond motifs is 1. The second kappa shape index (κ2) is 7.92. The first kappa shape index (κ1) is 19.1. The van der Waals surface area contributed by atoms with Gasteiger partial charge >= 0.3 is 0 Å². The van der Waals surface area contributed by atoms with Crippen LogP contribution in [-0.4, -0.2) is 33.3 Å². The summed E-state index contributed by atoms with van der Waals surface area (Å²) in [4.78, 5) is 16.3. The molecule has 0 bridgehead atoms. The van der Waals surface area contributed by atoms with Crippen molar-refractivity contribution < 1.29 is 13.2 Å². The highest BCUT2D eigenvalue weighted by Crippen LogP contribution is 2.22. The smallest absolute Gasteiger partial charge is 0.263 e. The minimum atomic E-state index is -3.58. The summed E-state index contributed by atoms with van der Waals surface area (Å²) in [5, 5.41) is 2.81. The minimum absolute atomic E-state index is 0.127. The maximum atomic E-state index is 12.0. The normalized spacial score (nSPS) is 16.2. The summed E-state index contributed by atoms with van der Waals surface area (Å²) in [6.45, 7) is 4.69. The molecule has 0 spiro atoms. The van der Waals surface area contributed by atoms with Crippen LogP contribution in [0.4, 0.5) is 0 Å². The molecule has 0 saturated heterocycles. The van der Waals surface area contributed by atoms with Crippen molar-refractivity contribution in [3.63, 3.8) is 0 Å². The van der Waals surface area contributed by atoms with Crippen LogP contribution in [0.3, 0.4) is 0 Å². The summed E-state index contributed by atoms with van der Waals surface area (Å²) in [5.74, 6) is 0.464. The third-order valence-electron chi connectivity index (χ3n) is 4.43. The molecule has 142 valence electrons. The van der Waals surface area contributed by atoms with Crippen LogP contribution in [0.1, 0.15) is 36.5 Å². The highest BCUT2D eigenvalue weighted by Gasteiger charge is 2.30. The zero-order valence-electron chi connectivity index (χ0n) is 15.4. The predicted molar refractivity (Wildman–Crippen MR) is 105 cm³/mol. The van der Waals surface area contributed by atoms with E-state index in [0.717, 1.165) is 12.0 Å². The van der Waals surface area contributed by atoms with Crippen molar-refractivity contribution in [3.8, 4) is 0 Å². The lowest BCUT2D eigenvalue weighted by Gasteiger charge is -2.07. The van der Waals surface area contributed by atoms with Gasteiger partial charge in [0.25, 0.3) is 10.0 Å².